The summed E-state index contributed by atoms with van der Waals surface area (Å²) in [5.41, 5.74) is -0.520. The topological polar surface area (TPSA) is 87.8 Å². The van der Waals surface area contributed by atoms with Gasteiger partial charge in [0.15, 0.2) is 5.92 Å². The number of carbonyl (C=O) groups is 2. The minimum absolute atomic E-state index is 0.0565. The lowest BCUT2D eigenvalue weighted by Crippen LogP contribution is -2.29. The van der Waals surface area contributed by atoms with Crippen molar-refractivity contribution in [1.82, 2.24) is 9.78 Å². The number of ketones is 1. The average molecular weight is 436 g/mol. The van der Waals surface area contributed by atoms with E-state index in [2.05, 4.69) is 10.4 Å². The van der Waals surface area contributed by atoms with Gasteiger partial charge < -0.3 is 5.32 Å². The van der Waals surface area contributed by atoms with E-state index in [1.165, 1.54) is 10.7 Å². The second kappa shape index (κ2) is 7.81. The molecule has 0 aliphatic rings. The number of Topliss-reactive ketones (excluding diaryl/α,β-unsaturated/α-hetero) is 1. The van der Waals surface area contributed by atoms with Crippen LogP contribution in [0.15, 0.2) is 60.7 Å². The monoisotopic (exact) mass is 436 g/mol. The molecule has 160 valence electrons. The standard InChI is InChI=1S/C23H15F3N4O2/c1-30-20-16-8-3-2-5-13(16)9-10-17(20)19(29-30)21(31)18(12-27)22(32)28-15-7-4-6-14(11-15)23(24,25)26/h2-11,18H,1H3,(H,28,32). The lowest BCUT2D eigenvalue weighted by molar-refractivity contribution is -0.137. The van der Waals surface area contributed by atoms with E-state index in [1.54, 1.807) is 25.2 Å². The minimum atomic E-state index is -4.60. The second-order valence-corrected chi connectivity index (χ2v) is 7.15. The zero-order valence-corrected chi connectivity index (χ0v) is 16.6. The third-order valence-electron chi connectivity index (χ3n) is 5.07. The van der Waals surface area contributed by atoms with Gasteiger partial charge in [-0.15, -0.1) is 0 Å². The van der Waals surface area contributed by atoms with Crippen molar-refractivity contribution in [3.63, 3.8) is 0 Å². The normalized spacial score (nSPS) is 12.5. The minimum Gasteiger partial charge on any atom is -0.325 e. The van der Waals surface area contributed by atoms with Crippen molar-refractivity contribution < 1.29 is 22.8 Å². The summed E-state index contributed by atoms with van der Waals surface area (Å²) < 4.78 is 40.2. The molecule has 32 heavy (non-hydrogen) atoms. The second-order valence-electron chi connectivity index (χ2n) is 7.15. The van der Waals surface area contributed by atoms with E-state index >= 15 is 0 Å². The van der Waals surface area contributed by atoms with Gasteiger partial charge in [0.2, 0.25) is 11.7 Å². The molecule has 1 amide bonds. The molecule has 1 atom stereocenters. The SMILES string of the molecule is Cn1nc(C(=O)C(C#N)C(=O)Nc2cccc(C(F)(F)F)c2)c2ccc3ccccc3c21. The molecule has 1 heterocycles. The van der Waals surface area contributed by atoms with Gasteiger partial charge in [-0.3, -0.25) is 14.3 Å². The maximum Gasteiger partial charge on any atom is 0.416 e. The molecule has 4 aromatic rings. The van der Waals surface area contributed by atoms with Gasteiger partial charge in [-0.05, 0) is 29.7 Å². The van der Waals surface area contributed by atoms with Crippen molar-refractivity contribution in [3.05, 3.63) is 71.9 Å². The Balaban J connectivity index is 1.68. The molecular formula is C23H15F3N4O2. The molecule has 0 spiro atoms. The molecule has 4 rings (SSSR count). The van der Waals surface area contributed by atoms with Crippen molar-refractivity contribution in [3.8, 4) is 6.07 Å². The van der Waals surface area contributed by atoms with Crippen molar-refractivity contribution in [2.75, 3.05) is 5.32 Å². The molecule has 0 aliphatic carbocycles. The summed E-state index contributed by atoms with van der Waals surface area (Å²) in [6, 6.07) is 16.6. The third-order valence-corrected chi connectivity index (χ3v) is 5.07. The molecule has 0 bridgehead atoms. The molecule has 1 unspecified atom stereocenters. The quantitative estimate of drug-likeness (QED) is 0.371. The highest BCUT2D eigenvalue weighted by atomic mass is 19.4. The van der Waals surface area contributed by atoms with Crippen molar-refractivity contribution in [1.29, 1.82) is 5.26 Å². The van der Waals surface area contributed by atoms with Crippen LogP contribution in [0.5, 0.6) is 0 Å². The Labute approximate surface area is 179 Å². The van der Waals surface area contributed by atoms with Gasteiger partial charge in [0.05, 0.1) is 17.1 Å². The van der Waals surface area contributed by atoms with Gasteiger partial charge in [0.25, 0.3) is 0 Å². The van der Waals surface area contributed by atoms with Gasteiger partial charge in [0, 0.05) is 23.5 Å². The Morgan fingerprint density at radius 3 is 2.53 bits per heavy atom. The summed E-state index contributed by atoms with van der Waals surface area (Å²) in [4.78, 5) is 25.7. The number of nitrogens with one attached hydrogen (secondary N) is 1. The predicted molar refractivity (Wildman–Crippen MR) is 112 cm³/mol. The van der Waals surface area contributed by atoms with E-state index in [0.717, 1.165) is 29.0 Å². The van der Waals surface area contributed by atoms with Crippen LogP contribution in [0, 0.1) is 17.2 Å². The van der Waals surface area contributed by atoms with Crippen LogP contribution in [0.2, 0.25) is 0 Å². The number of rotatable bonds is 4. The highest BCUT2D eigenvalue weighted by molar-refractivity contribution is 6.21. The Morgan fingerprint density at radius 1 is 1.06 bits per heavy atom. The first-order valence-electron chi connectivity index (χ1n) is 9.47. The van der Waals surface area contributed by atoms with Crippen LogP contribution in [0.3, 0.4) is 0 Å². The smallest absolute Gasteiger partial charge is 0.325 e. The first-order chi connectivity index (χ1) is 15.2. The number of alkyl halides is 3. The van der Waals surface area contributed by atoms with E-state index in [1.807, 2.05) is 24.3 Å². The van der Waals surface area contributed by atoms with Crippen LogP contribution < -0.4 is 5.32 Å². The van der Waals surface area contributed by atoms with Crippen LogP contribution in [0.25, 0.3) is 21.7 Å². The molecule has 6 nitrogen and oxygen atoms in total. The Kier molecular flexibility index (Phi) is 5.14. The number of halogens is 3. The maximum absolute atomic E-state index is 13.1. The Bertz CT molecular complexity index is 1420. The first-order valence-corrected chi connectivity index (χ1v) is 9.47. The van der Waals surface area contributed by atoms with E-state index in [4.69, 9.17) is 0 Å². The van der Waals surface area contributed by atoms with Gasteiger partial charge in [0.1, 0.15) is 5.69 Å². The third kappa shape index (κ3) is 3.67. The fourth-order valence-electron chi connectivity index (χ4n) is 3.59. The summed E-state index contributed by atoms with van der Waals surface area (Å²) in [6.45, 7) is 0. The number of nitrogens with zero attached hydrogens (tertiary/aromatic N) is 3. The zero-order chi connectivity index (χ0) is 23.0. The predicted octanol–water partition coefficient (Wildman–Crippen LogP) is 4.71. The average Bonchev–Trinajstić information content (AvgIpc) is 3.11. The summed E-state index contributed by atoms with van der Waals surface area (Å²) in [7, 11) is 1.65. The highest BCUT2D eigenvalue weighted by Crippen LogP contribution is 2.31. The number of carbonyl (C=O) groups excluding carboxylic acids is 2. The lowest BCUT2D eigenvalue weighted by Gasteiger charge is -2.11. The molecule has 0 saturated carbocycles. The number of aromatic nitrogens is 2. The van der Waals surface area contributed by atoms with E-state index in [9.17, 15) is 28.0 Å². The van der Waals surface area contributed by atoms with E-state index in [0.29, 0.717) is 10.9 Å². The van der Waals surface area contributed by atoms with Gasteiger partial charge in [-0.1, -0.05) is 36.4 Å². The number of benzene rings is 3. The molecule has 0 fully saturated rings. The van der Waals surface area contributed by atoms with Crippen molar-refractivity contribution in [2.24, 2.45) is 13.0 Å². The molecular weight excluding hydrogens is 421 g/mol. The van der Waals surface area contributed by atoms with Crippen molar-refractivity contribution in [2.45, 2.75) is 6.18 Å². The Morgan fingerprint density at radius 2 is 1.81 bits per heavy atom. The fraction of sp³-hybridized carbons (Fsp3) is 0.130. The number of aryl methyl sites for hydroxylation is 1. The van der Waals surface area contributed by atoms with Gasteiger partial charge in [-0.2, -0.15) is 23.5 Å². The van der Waals surface area contributed by atoms with Gasteiger partial charge in [-0.25, -0.2) is 0 Å². The van der Waals surface area contributed by atoms with Crippen LogP contribution in [-0.2, 0) is 18.0 Å². The molecule has 1 N–H and O–H groups in total. The molecule has 0 saturated heterocycles. The number of nitriles is 1. The van der Waals surface area contributed by atoms with Crippen LogP contribution in [0.4, 0.5) is 18.9 Å². The van der Waals surface area contributed by atoms with Crippen LogP contribution >= 0.6 is 0 Å². The van der Waals surface area contributed by atoms with Crippen LogP contribution in [-0.4, -0.2) is 21.5 Å². The summed E-state index contributed by atoms with van der Waals surface area (Å²) >= 11 is 0. The lowest BCUT2D eigenvalue weighted by atomic mass is 9.98. The molecule has 0 aliphatic heterocycles. The molecule has 3 aromatic carbocycles. The summed E-state index contributed by atoms with van der Waals surface area (Å²) in [5, 5.41) is 18.2. The maximum atomic E-state index is 13.1. The summed E-state index contributed by atoms with van der Waals surface area (Å²) in [5.74, 6) is -3.65. The van der Waals surface area contributed by atoms with E-state index in [-0.39, 0.29) is 11.4 Å². The van der Waals surface area contributed by atoms with Crippen LogP contribution in [0.1, 0.15) is 16.1 Å². The van der Waals surface area contributed by atoms with Crippen molar-refractivity contribution >= 4 is 39.1 Å². The fourth-order valence-corrected chi connectivity index (χ4v) is 3.59. The molecule has 1 aromatic heterocycles. The number of hydrogen-bond donors (Lipinski definition) is 1. The first kappa shape index (κ1) is 21.1. The summed E-state index contributed by atoms with van der Waals surface area (Å²) in [6.07, 6.45) is -4.60. The number of amides is 1. The number of hydrogen-bond acceptors (Lipinski definition) is 4. The number of fused-ring (bicyclic) bond motifs is 3. The Hall–Kier alpha value is -4.19. The van der Waals surface area contributed by atoms with Gasteiger partial charge >= 0.3 is 6.18 Å². The molecule has 0 radical (unpaired) electrons. The largest absolute Gasteiger partial charge is 0.416 e. The highest BCUT2D eigenvalue weighted by Gasteiger charge is 2.33. The molecule has 9 heteroatoms. The zero-order valence-electron chi connectivity index (χ0n) is 16.6. The number of anilines is 1. The van der Waals surface area contributed by atoms with E-state index < -0.39 is 29.3 Å².